The maximum atomic E-state index is 13.1. The smallest absolute Gasteiger partial charge is 0.238 e. The molecular formula is C30H27ClN2O5. The molecule has 1 saturated carbocycles. The van der Waals surface area contributed by atoms with Gasteiger partial charge in [-0.15, -0.1) is 0 Å². The minimum absolute atomic E-state index is 0.0157. The molecule has 1 fully saturated rings. The average molecular weight is 531 g/mol. The Labute approximate surface area is 225 Å². The summed E-state index contributed by atoms with van der Waals surface area (Å²) in [5.74, 6) is 1.73. The quantitative estimate of drug-likeness (QED) is 0.214. The molecule has 194 valence electrons. The molecule has 0 atom stereocenters. The van der Waals surface area contributed by atoms with Crippen molar-refractivity contribution in [2.75, 3.05) is 14.2 Å². The highest BCUT2D eigenvalue weighted by molar-refractivity contribution is 6.32. The van der Waals surface area contributed by atoms with Crippen molar-refractivity contribution in [2.24, 2.45) is 5.41 Å². The Hall–Kier alpha value is -3.97. The summed E-state index contributed by atoms with van der Waals surface area (Å²) in [5, 5.41) is 0.966. The molecule has 2 aromatic heterocycles. The van der Waals surface area contributed by atoms with Gasteiger partial charge < -0.3 is 14.2 Å². The lowest BCUT2D eigenvalue weighted by Crippen LogP contribution is -2.27. The Morgan fingerprint density at radius 3 is 2.32 bits per heavy atom. The van der Waals surface area contributed by atoms with Crippen molar-refractivity contribution in [1.82, 2.24) is 9.97 Å². The SMILES string of the molecule is COc1cc2nccc(Oc3ncc(CC(=O)C4(C(=O)CCc5ccccc5)CC4)cc3Cl)c2cc1OC. The third-order valence-corrected chi connectivity index (χ3v) is 7.21. The van der Waals surface area contributed by atoms with Crippen LogP contribution in [0.4, 0.5) is 0 Å². The molecule has 7 nitrogen and oxygen atoms in total. The number of rotatable bonds is 11. The van der Waals surface area contributed by atoms with Gasteiger partial charge in [0.05, 0.1) is 25.2 Å². The van der Waals surface area contributed by atoms with Crippen molar-refractivity contribution >= 4 is 34.1 Å². The Bertz CT molecular complexity index is 1500. The highest BCUT2D eigenvalue weighted by Crippen LogP contribution is 2.49. The van der Waals surface area contributed by atoms with Gasteiger partial charge in [-0.2, -0.15) is 0 Å². The number of hydrogen-bond acceptors (Lipinski definition) is 7. The van der Waals surface area contributed by atoms with E-state index in [1.54, 1.807) is 50.9 Å². The number of ether oxygens (including phenoxy) is 3. The van der Waals surface area contributed by atoms with Gasteiger partial charge in [-0.25, -0.2) is 4.98 Å². The molecule has 0 spiro atoms. The predicted octanol–water partition coefficient (Wildman–Crippen LogP) is 6.19. The predicted molar refractivity (Wildman–Crippen MR) is 144 cm³/mol. The van der Waals surface area contributed by atoms with Crippen LogP contribution in [0.25, 0.3) is 10.9 Å². The first-order valence-electron chi connectivity index (χ1n) is 12.4. The molecule has 0 N–H and O–H groups in total. The second-order valence-electron chi connectivity index (χ2n) is 9.36. The Morgan fingerprint density at radius 1 is 0.895 bits per heavy atom. The first-order valence-corrected chi connectivity index (χ1v) is 12.7. The van der Waals surface area contributed by atoms with Crippen LogP contribution in [0.15, 0.2) is 67.0 Å². The summed E-state index contributed by atoms with van der Waals surface area (Å²) in [6.45, 7) is 0. The second-order valence-corrected chi connectivity index (χ2v) is 9.76. The zero-order valence-electron chi connectivity index (χ0n) is 21.2. The summed E-state index contributed by atoms with van der Waals surface area (Å²) >= 11 is 6.50. The standard InChI is InChI=1S/C30H27ClN2O5/c1-36-25-16-21-23(17-26(25)37-2)32-13-10-24(21)38-29-22(31)14-20(18-33-29)15-28(35)30(11-12-30)27(34)9-8-19-6-4-3-5-7-19/h3-7,10,13-14,16-18H,8-9,11-12,15H2,1-2H3. The molecule has 4 aromatic rings. The number of pyridine rings is 2. The fourth-order valence-electron chi connectivity index (χ4n) is 4.61. The number of nitrogens with zero attached hydrogens (tertiary/aromatic N) is 2. The molecule has 5 rings (SSSR count). The number of hydrogen-bond donors (Lipinski definition) is 0. The molecule has 0 aliphatic heterocycles. The maximum Gasteiger partial charge on any atom is 0.238 e. The van der Waals surface area contributed by atoms with Crippen molar-refractivity contribution in [3.8, 4) is 23.1 Å². The summed E-state index contributed by atoms with van der Waals surface area (Å²) in [4.78, 5) is 34.8. The maximum absolute atomic E-state index is 13.1. The lowest BCUT2D eigenvalue weighted by molar-refractivity contribution is -0.134. The number of benzene rings is 2. The summed E-state index contributed by atoms with van der Waals surface area (Å²) in [6, 6.07) is 16.8. The van der Waals surface area contributed by atoms with E-state index < -0.39 is 5.41 Å². The number of halogens is 1. The largest absolute Gasteiger partial charge is 0.493 e. The molecule has 0 unspecified atom stereocenters. The molecular weight excluding hydrogens is 504 g/mol. The highest BCUT2D eigenvalue weighted by Gasteiger charge is 2.54. The van der Waals surface area contributed by atoms with E-state index in [0.29, 0.717) is 59.4 Å². The van der Waals surface area contributed by atoms with Gasteiger partial charge in [0.1, 0.15) is 16.6 Å². The Kier molecular flexibility index (Phi) is 7.29. The Balaban J connectivity index is 1.28. The summed E-state index contributed by atoms with van der Waals surface area (Å²) in [5.41, 5.74) is 1.52. The van der Waals surface area contributed by atoms with Gasteiger partial charge in [0.2, 0.25) is 5.88 Å². The number of Topliss-reactive ketones (excluding diaryl/α,β-unsaturated/α-hetero) is 2. The van der Waals surface area contributed by atoms with Crippen LogP contribution in [-0.4, -0.2) is 35.8 Å². The van der Waals surface area contributed by atoms with Crippen molar-refractivity contribution in [3.05, 3.63) is 83.1 Å². The fraction of sp³-hybridized carbons (Fsp3) is 0.267. The Morgan fingerprint density at radius 2 is 1.63 bits per heavy atom. The average Bonchev–Trinajstić information content (AvgIpc) is 3.75. The zero-order valence-corrected chi connectivity index (χ0v) is 22.0. The van der Waals surface area contributed by atoms with Crippen LogP contribution in [-0.2, 0) is 22.4 Å². The van der Waals surface area contributed by atoms with Crippen LogP contribution < -0.4 is 14.2 Å². The molecule has 0 bridgehead atoms. The monoisotopic (exact) mass is 530 g/mol. The van der Waals surface area contributed by atoms with E-state index in [1.165, 1.54) is 0 Å². The molecule has 2 aromatic carbocycles. The number of methoxy groups -OCH3 is 2. The van der Waals surface area contributed by atoms with Gasteiger partial charge in [-0.05, 0) is 48.6 Å². The van der Waals surface area contributed by atoms with Gasteiger partial charge >= 0.3 is 0 Å². The van der Waals surface area contributed by atoms with Crippen LogP contribution >= 0.6 is 11.6 Å². The second kappa shape index (κ2) is 10.8. The molecule has 2 heterocycles. The first kappa shape index (κ1) is 25.7. The van der Waals surface area contributed by atoms with Crippen LogP contribution in [0.5, 0.6) is 23.1 Å². The van der Waals surface area contributed by atoms with Crippen molar-refractivity contribution in [2.45, 2.75) is 32.1 Å². The number of carbonyl (C=O) groups is 2. The lowest BCUT2D eigenvalue weighted by atomic mass is 9.88. The normalized spacial score (nSPS) is 13.7. The fourth-order valence-corrected chi connectivity index (χ4v) is 4.84. The third kappa shape index (κ3) is 5.20. The van der Waals surface area contributed by atoms with E-state index in [2.05, 4.69) is 9.97 Å². The topological polar surface area (TPSA) is 87.6 Å². The molecule has 8 heteroatoms. The number of ketones is 2. The number of aromatic nitrogens is 2. The van der Waals surface area contributed by atoms with Crippen molar-refractivity contribution < 1.29 is 23.8 Å². The van der Waals surface area contributed by atoms with Gasteiger partial charge in [0, 0.05) is 36.7 Å². The molecule has 0 radical (unpaired) electrons. The van der Waals surface area contributed by atoms with E-state index in [1.807, 2.05) is 30.3 Å². The van der Waals surface area contributed by atoms with Crippen molar-refractivity contribution in [3.63, 3.8) is 0 Å². The van der Waals surface area contributed by atoms with E-state index in [-0.39, 0.29) is 28.9 Å². The third-order valence-electron chi connectivity index (χ3n) is 6.94. The van der Waals surface area contributed by atoms with Crippen LogP contribution in [0.1, 0.15) is 30.4 Å². The molecule has 38 heavy (non-hydrogen) atoms. The van der Waals surface area contributed by atoms with Crippen LogP contribution in [0.3, 0.4) is 0 Å². The van der Waals surface area contributed by atoms with Crippen LogP contribution in [0.2, 0.25) is 5.02 Å². The minimum Gasteiger partial charge on any atom is -0.493 e. The lowest BCUT2D eigenvalue weighted by Gasteiger charge is -2.14. The van der Waals surface area contributed by atoms with Crippen LogP contribution in [0, 0.1) is 5.41 Å². The summed E-state index contributed by atoms with van der Waals surface area (Å²) < 4.78 is 16.8. The van der Waals surface area contributed by atoms with E-state index in [4.69, 9.17) is 25.8 Å². The van der Waals surface area contributed by atoms with E-state index in [9.17, 15) is 9.59 Å². The van der Waals surface area contributed by atoms with Gasteiger partial charge in [0.25, 0.3) is 0 Å². The van der Waals surface area contributed by atoms with Gasteiger partial charge in [0.15, 0.2) is 17.3 Å². The van der Waals surface area contributed by atoms with Gasteiger partial charge in [-0.3, -0.25) is 14.6 Å². The zero-order chi connectivity index (χ0) is 26.7. The number of aryl methyl sites for hydroxylation is 1. The van der Waals surface area contributed by atoms with Crippen molar-refractivity contribution in [1.29, 1.82) is 0 Å². The molecule has 1 aliphatic rings. The molecule has 0 saturated heterocycles. The highest BCUT2D eigenvalue weighted by atomic mass is 35.5. The number of fused-ring (bicyclic) bond motifs is 1. The molecule has 1 aliphatic carbocycles. The first-order chi connectivity index (χ1) is 18.4. The van der Waals surface area contributed by atoms with E-state index in [0.717, 1.165) is 5.56 Å². The molecule has 0 amide bonds. The summed E-state index contributed by atoms with van der Waals surface area (Å²) in [7, 11) is 3.12. The van der Waals surface area contributed by atoms with E-state index >= 15 is 0 Å². The van der Waals surface area contributed by atoms with Gasteiger partial charge in [-0.1, -0.05) is 41.9 Å². The number of carbonyl (C=O) groups excluding carboxylic acids is 2. The minimum atomic E-state index is -0.869. The summed E-state index contributed by atoms with van der Waals surface area (Å²) in [6.07, 6.45) is 5.48.